The van der Waals surface area contributed by atoms with Gasteiger partial charge in [-0.05, 0) is 13.0 Å². The maximum Gasteiger partial charge on any atom is 0.139 e. The van der Waals surface area contributed by atoms with E-state index in [-0.39, 0.29) is 6.61 Å². The molecule has 2 aromatic heterocycles. The highest BCUT2D eigenvalue weighted by atomic mass is 16.5. The lowest BCUT2D eigenvalue weighted by atomic mass is 10.3. The lowest BCUT2D eigenvalue weighted by Crippen LogP contribution is -1.96. The van der Waals surface area contributed by atoms with Crippen LogP contribution >= 0.6 is 0 Å². The summed E-state index contributed by atoms with van der Waals surface area (Å²) in [5.41, 5.74) is 1.73. The molecule has 0 aliphatic carbocycles. The molecule has 5 heteroatoms. The van der Waals surface area contributed by atoms with Gasteiger partial charge in [-0.2, -0.15) is 5.10 Å². The average molecular weight is 257 g/mol. The van der Waals surface area contributed by atoms with Crippen LogP contribution in [0.25, 0.3) is 0 Å². The molecule has 0 saturated carbocycles. The van der Waals surface area contributed by atoms with Gasteiger partial charge in [-0.1, -0.05) is 11.8 Å². The monoisotopic (exact) mass is 257 g/mol. The Bertz CT molecular complexity index is 596. The topological polar surface area (TPSA) is 60.2 Å². The van der Waals surface area contributed by atoms with Gasteiger partial charge in [-0.3, -0.25) is 9.67 Å². The number of nitrogens with zero attached hydrogens (tertiary/aromatic N) is 3. The number of ether oxygens (including phenoxy) is 1. The molecular formula is C14H15N3O2. The first-order chi connectivity index (χ1) is 9.31. The number of aliphatic hydroxyl groups excluding tert-OH is 1. The van der Waals surface area contributed by atoms with E-state index in [1.54, 1.807) is 24.7 Å². The van der Waals surface area contributed by atoms with Gasteiger partial charge in [0, 0.05) is 30.1 Å². The minimum absolute atomic E-state index is 0.165. The Kier molecular flexibility index (Phi) is 4.54. The van der Waals surface area contributed by atoms with Gasteiger partial charge >= 0.3 is 0 Å². The van der Waals surface area contributed by atoms with Crippen molar-refractivity contribution >= 4 is 0 Å². The second-order valence-electron chi connectivity index (χ2n) is 3.86. The van der Waals surface area contributed by atoms with Crippen LogP contribution in [0, 0.1) is 11.8 Å². The molecule has 0 spiro atoms. The molecule has 0 unspecified atom stereocenters. The molecule has 1 N–H and O–H groups in total. The van der Waals surface area contributed by atoms with Crippen molar-refractivity contribution in [3.63, 3.8) is 0 Å². The van der Waals surface area contributed by atoms with Gasteiger partial charge in [-0.15, -0.1) is 0 Å². The predicted molar refractivity (Wildman–Crippen MR) is 70.4 cm³/mol. The van der Waals surface area contributed by atoms with Crippen LogP contribution in [0.5, 0.6) is 5.75 Å². The summed E-state index contributed by atoms with van der Waals surface area (Å²) in [5, 5.41) is 12.8. The van der Waals surface area contributed by atoms with E-state index < -0.39 is 0 Å². The van der Waals surface area contributed by atoms with Gasteiger partial charge in [0.25, 0.3) is 0 Å². The first-order valence-corrected chi connectivity index (χ1v) is 6.00. The van der Waals surface area contributed by atoms with E-state index in [0.29, 0.717) is 12.4 Å². The van der Waals surface area contributed by atoms with Crippen LogP contribution in [0.2, 0.25) is 0 Å². The molecule has 0 bridgehead atoms. The lowest BCUT2D eigenvalue weighted by Gasteiger charge is -2.03. The molecule has 0 atom stereocenters. The van der Waals surface area contributed by atoms with Crippen LogP contribution in [0.4, 0.5) is 0 Å². The van der Waals surface area contributed by atoms with Crippen molar-refractivity contribution in [2.24, 2.45) is 0 Å². The number of aliphatic hydroxyl groups is 1. The number of rotatable bonds is 4. The minimum atomic E-state index is -0.165. The van der Waals surface area contributed by atoms with Crippen molar-refractivity contribution in [1.29, 1.82) is 0 Å². The molecule has 2 aromatic rings. The van der Waals surface area contributed by atoms with Gasteiger partial charge in [0.2, 0.25) is 0 Å². The van der Waals surface area contributed by atoms with E-state index in [2.05, 4.69) is 21.9 Å². The molecular weight excluding hydrogens is 242 g/mol. The highest BCUT2D eigenvalue weighted by Crippen LogP contribution is 2.12. The van der Waals surface area contributed by atoms with E-state index in [0.717, 1.165) is 17.7 Å². The van der Waals surface area contributed by atoms with Crippen molar-refractivity contribution < 1.29 is 9.84 Å². The SMILES string of the molecule is CCn1cc(COc2cncc(C#CCO)c2)cn1. The second kappa shape index (κ2) is 6.57. The Morgan fingerprint density at radius 3 is 3.00 bits per heavy atom. The van der Waals surface area contributed by atoms with Crippen LogP contribution in [0.15, 0.2) is 30.9 Å². The fourth-order valence-electron chi connectivity index (χ4n) is 1.53. The van der Waals surface area contributed by atoms with Crippen molar-refractivity contribution in [2.45, 2.75) is 20.1 Å². The Balaban J connectivity index is 1.99. The third-order valence-electron chi connectivity index (χ3n) is 2.44. The molecule has 5 nitrogen and oxygen atoms in total. The van der Waals surface area contributed by atoms with Crippen LogP contribution in [0.1, 0.15) is 18.1 Å². The normalized spacial score (nSPS) is 9.79. The summed E-state index contributed by atoms with van der Waals surface area (Å²) < 4.78 is 7.47. The summed E-state index contributed by atoms with van der Waals surface area (Å²) in [6, 6.07) is 1.79. The summed E-state index contributed by atoms with van der Waals surface area (Å²) in [7, 11) is 0. The Labute approximate surface area is 111 Å². The smallest absolute Gasteiger partial charge is 0.139 e. The fourth-order valence-corrected chi connectivity index (χ4v) is 1.53. The summed E-state index contributed by atoms with van der Waals surface area (Å²) in [6.07, 6.45) is 6.99. The van der Waals surface area contributed by atoms with Crippen molar-refractivity contribution in [3.8, 4) is 17.6 Å². The average Bonchev–Trinajstić information content (AvgIpc) is 2.91. The number of hydrogen-bond acceptors (Lipinski definition) is 4. The molecule has 19 heavy (non-hydrogen) atoms. The summed E-state index contributed by atoms with van der Waals surface area (Å²) >= 11 is 0. The zero-order valence-electron chi connectivity index (χ0n) is 10.7. The van der Waals surface area contributed by atoms with Gasteiger partial charge in [-0.25, -0.2) is 0 Å². The quantitative estimate of drug-likeness (QED) is 0.837. The summed E-state index contributed by atoms with van der Waals surface area (Å²) in [4.78, 5) is 4.04. The third-order valence-corrected chi connectivity index (χ3v) is 2.44. The van der Waals surface area contributed by atoms with E-state index >= 15 is 0 Å². The maximum atomic E-state index is 8.64. The zero-order chi connectivity index (χ0) is 13.5. The molecule has 0 saturated heterocycles. The summed E-state index contributed by atoms with van der Waals surface area (Å²) in [6.45, 7) is 3.15. The van der Waals surface area contributed by atoms with Gasteiger partial charge < -0.3 is 9.84 Å². The molecule has 0 fully saturated rings. The Hall–Kier alpha value is -2.32. The molecule has 2 rings (SSSR count). The number of aryl methyl sites for hydroxylation is 1. The molecule has 0 radical (unpaired) electrons. The minimum Gasteiger partial charge on any atom is -0.487 e. The molecule has 0 aliphatic heterocycles. The molecule has 0 aliphatic rings. The highest BCUT2D eigenvalue weighted by molar-refractivity contribution is 5.36. The number of hydrogen-bond donors (Lipinski definition) is 1. The zero-order valence-corrected chi connectivity index (χ0v) is 10.7. The first kappa shape index (κ1) is 13.1. The maximum absolute atomic E-state index is 8.64. The third kappa shape index (κ3) is 3.83. The largest absolute Gasteiger partial charge is 0.487 e. The Morgan fingerprint density at radius 2 is 2.26 bits per heavy atom. The molecule has 98 valence electrons. The predicted octanol–water partition coefficient (Wildman–Crippen LogP) is 1.22. The van der Waals surface area contributed by atoms with Gasteiger partial charge in [0.15, 0.2) is 0 Å². The molecule has 2 heterocycles. The van der Waals surface area contributed by atoms with Crippen LogP contribution in [-0.2, 0) is 13.2 Å². The lowest BCUT2D eigenvalue weighted by molar-refractivity contribution is 0.304. The molecule has 0 amide bonds. The van der Waals surface area contributed by atoms with Gasteiger partial charge in [0.1, 0.15) is 19.0 Å². The van der Waals surface area contributed by atoms with E-state index in [1.807, 2.05) is 17.8 Å². The van der Waals surface area contributed by atoms with Crippen molar-refractivity contribution in [3.05, 3.63) is 42.0 Å². The van der Waals surface area contributed by atoms with Crippen molar-refractivity contribution in [1.82, 2.24) is 14.8 Å². The fraction of sp³-hybridized carbons (Fsp3) is 0.286. The van der Waals surface area contributed by atoms with E-state index in [1.165, 1.54) is 0 Å². The van der Waals surface area contributed by atoms with Crippen LogP contribution < -0.4 is 4.74 Å². The van der Waals surface area contributed by atoms with E-state index in [9.17, 15) is 0 Å². The highest BCUT2D eigenvalue weighted by Gasteiger charge is 2.00. The van der Waals surface area contributed by atoms with E-state index in [4.69, 9.17) is 9.84 Å². The Morgan fingerprint density at radius 1 is 1.37 bits per heavy atom. The number of aromatic nitrogens is 3. The van der Waals surface area contributed by atoms with Crippen LogP contribution in [0.3, 0.4) is 0 Å². The first-order valence-electron chi connectivity index (χ1n) is 6.00. The van der Waals surface area contributed by atoms with Crippen LogP contribution in [-0.4, -0.2) is 26.5 Å². The standard InChI is InChI=1S/C14H15N3O2/c1-2-17-10-13(8-16-17)11-19-14-6-12(4-3-5-18)7-15-9-14/h6-10,18H,2,5,11H2,1H3. The molecule has 0 aromatic carbocycles. The number of pyridine rings is 1. The van der Waals surface area contributed by atoms with Crippen molar-refractivity contribution in [2.75, 3.05) is 6.61 Å². The van der Waals surface area contributed by atoms with Gasteiger partial charge in [0.05, 0.1) is 12.4 Å². The second-order valence-corrected chi connectivity index (χ2v) is 3.86. The summed E-state index contributed by atoms with van der Waals surface area (Å²) in [5.74, 6) is 6.01.